The summed E-state index contributed by atoms with van der Waals surface area (Å²) in [7, 11) is 1.48. The molecule has 1 rings (SSSR count). The molecular formula is C10H15ClF2N2O2. The van der Waals surface area contributed by atoms with Gasteiger partial charge in [-0.1, -0.05) is 12.8 Å². The van der Waals surface area contributed by atoms with Crippen LogP contribution in [0.3, 0.4) is 0 Å². The maximum Gasteiger partial charge on any atom is 0.399 e. The summed E-state index contributed by atoms with van der Waals surface area (Å²) in [5, 5.41) is 0.682. The fourth-order valence-electron chi connectivity index (χ4n) is 2.05. The van der Waals surface area contributed by atoms with Crippen LogP contribution in [-0.4, -0.2) is 30.3 Å². The van der Waals surface area contributed by atoms with E-state index in [2.05, 4.69) is 22.2 Å². The zero-order valence-electron chi connectivity index (χ0n) is 9.43. The Balaban J connectivity index is 2.66. The maximum atomic E-state index is 12.5. The Morgan fingerprint density at radius 3 is 2.41 bits per heavy atom. The van der Waals surface area contributed by atoms with Gasteiger partial charge in [-0.05, 0) is 24.4 Å². The summed E-state index contributed by atoms with van der Waals surface area (Å²) in [6.07, 6.45) is 2.74. The molecule has 0 aromatic carbocycles. The summed E-state index contributed by atoms with van der Waals surface area (Å²) >= 11 is 4.62. The van der Waals surface area contributed by atoms with Gasteiger partial charge in [-0.3, -0.25) is 9.59 Å². The Bertz CT molecular complexity index is 307. The molecular weight excluding hydrogens is 254 g/mol. The number of hydrogen-bond acceptors (Lipinski definition) is 2. The SMILES string of the molecule is CNC(=O)[C@H]1CCCC[C@H]1NC(=O)C(F)(F)Cl. The molecule has 2 atom stereocenters. The molecule has 0 aromatic rings. The lowest BCUT2D eigenvalue weighted by atomic mass is 9.84. The highest BCUT2D eigenvalue weighted by molar-refractivity contribution is 6.32. The lowest BCUT2D eigenvalue weighted by Gasteiger charge is -2.31. The van der Waals surface area contributed by atoms with E-state index >= 15 is 0 Å². The average Bonchev–Trinajstić information content (AvgIpc) is 2.27. The largest absolute Gasteiger partial charge is 0.399 e. The summed E-state index contributed by atoms with van der Waals surface area (Å²) in [5.74, 6) is -2.25. The van der Waals surface area contributed by atoms with Crippen molar-refractivity contribution in [3.8, 4) is 0 Å². The summed E-state index contributed by atoms with van der Waals surface area (Å²) < 4.78 is 25.1. The molecule has 7 heteroatoms. The fourth-order valence-corrected chi connectivity index (χ4v) is 2.11. The molecule has 0 aromatic heterocycles. The van der Waals surface area contributed by atoms with E-state index in [1.165, 1.54) is 7.05 Å². The Hall–Kier alpha value is -0.910. The molecule has 1 aliphatic rings. The van der Waals surface area contributed by atoms with Crippen molar-refractivity contribution >= 4 is 23.4 Å². The summed E-state index contributed by atoms with van der Waals surface area (Å²) in [6, 6.07) is -0.569. The molecule has 0 radical (unpaired) electrons. The summed E-state index contributed by atoms with van der Waals surface area (Å²) in [5.41, 5.74) is 0. The van der Waals surface area contributed by atoms with Crippen LogP contribution in [0.25, 0.3) is 0 Å². The predicted molar refractivity (Wildman–Crippen MR) is 58.8 cm³/mol. The van der Waals surface area contributed by atoms with Crippen LogP contribution in [0.4, 0.5) is 8.78 Å². The Labute approximate surface area is 103 Å². The van der Waals surface area contributed by atoms with Crippen molar-refractivity contribution in [1.82, 2.24) is 10.6 Å². The first kappa shape index (κ1) is 14.2. The molecule has 2 amide bonds. The average molecular weight is 269 g/mol. The number of carbonyl (C=O) groups is 2. The molecule has 1 saturated carbocycles. The van der Waals surface area contributed by atoms with Crippen LogP contribution in [-0.2, 0) is 9.59 Å². The summed E-state index contributed by atoms with van der Waals surface area (Å²) in [4.78, 5) is 22.6. The van der Waals surface area contributed by atoms with E-state index in [0.717, 1.165) is 12.8 Å². The number of rotatable bonds is 3. The first-order valence-corrected chi connectivity index (χ1v) is 5.83. The van der Waals surface area contributed by atoms with E-state index in [1.54, 1.807) is 0 Å². The second kappa shape index (κ2) is 5.62. The number of amides is 2. The predicted octanol–water partition coefficient (Wildman–Crippen LogP) is 1.24. The minimum absolute atomic E-state index is 0.243. The number of carbonyl (C=O) groups excluding carboxylic acids is 2. The van der Waals surface area contributed by atoms with Gasteiger partial charge in [-0.2, -0.15) is 8.78 Å². The molecule has 0 heterocycles. The third kappa shape index (κ3) is 3.80. The first-order chi connectivity index (χ1) is 7.86. The Kier molecular flexibility index (Phi) is 4.68. The number of alkyl halides is 3. The fraction of sp³-hybridized carbons (Fsp3) is 0.800. The molecule has 1 aliphatic carbocycles. The second-order valence-electron chi connectivity index (χ2n) is 4.08. The molecule has 0 bridgehead atoms. The van der Waals surface area contributed by atoms with Gasteiger partial charge in [0.05, 0.1) is 5.92 Å². The van der Waals surface area contributed by atoms with Crippen molar-refractivity contribution in [2.75, 3.05) is 7.05 Å². The second-order valence-corrected chi connectivity index (χ2v) is 4.56. The van der Waals surface area contributed by atoms with E-state index in [-0.39, 0.29) is 5.91 Å². The Morgan fingerprint density at radius 1 is 1.29 bits per heavy atom. The van der Waals surface area contributed by atoms with E-state index in [9.17, 15) is 18.4 Å². The molecule has 2 N–H and O–H groups in total. The van der Waals surface area contributed by atoms with Crippen LogP contribution in [0.1, 0.15) is 25.7 Å². The molecule has 0 spiro atoms. The van der Waals surface area contributed by atoms with Crippen molar-refractivity contribution in [2.45, 2.75) is 37.1 Å². The van der Waals surface area contributed by atoms with Crippen molar-refractivity contribution in [3.63, 3.8) is 0 Å². The van der Waals surface area contributed by atoms with Gasteiger partial charge >= 0.3 is 11.3 Å². The molecule has 4 nitrogen and oxygen atoms in total. The highest BCUT2D eigenvalue weighted by Gasteiger charge is 2.40. The van der Waals surface area contributed by atoms with Gasteiger partial charge in [0.2, 0.25) is 5.91 Å². The van der Waals surface area contributed by atoms with Crippen LogP contribution in [0.5, 0.6) is 0 Å². The van der Waals surface area contributed by atoms with Crippen LogP contribution < -0.4 is 10.6 Å². The highest BCUT2D eigenvalue weighted by atomic mass is 35.5. The van der Waals surface area contributed by atoms with Gasteiger partial charge < -0.3 is 10.6 Å². The van der Waals surface area contributed by atoms with Gasteiger partial charge in [-0.25, -0.2) is 0 Å². The summed E-state index contributed by atoms with van der Waals surface area (Å²) in [6.45, 7) is 0. The third-order valence-electron chi connectivity index (χ3n) is 2.92. The van der Waals surface area contributed by atoms with Crippen LogP contribution in [0.2, 0.25) is 0 Å². The van der Waals surface area contributed by atoms with E-state index in [0.29, 0.717) is 12.8 Å². The van der Waals surface area contributed by atoms with Gasteiger partial charge in [0.1, 0.15) is 0 Å². The van der Waals surface area contributed by atoms with Gasteiger partial charge in [0, 0.05) is 13.1 Å². The Morgan fingerprint density at radius 2 is 1.88 bits per heavy atom. The van der Waals surface area contributed by atoms with Gasteiger partial charge in [-0.15, -0.1) is 0 Å². The van der Waals surface area contributed by atoms with Crippen LogP contribution in [0, 0.1) is 5.92 Å². The van der Waals surface area contributed by atoms with Crippen molar-refractivity contribution < 1.29 is 18.4 Å². The standard InChI is InChI=1S/C10H15ClF2N2O2/c1-14-8(16)6-4-2-3-5-7(6)15-9(17)10(11,12)13/h6-7H,2-5H2,1H3,(H,14,16)(H,15,17)/t6-,7+/m0/s1. The normalized spacial score (nSPS) is 25.2. The number of nitrogens with one attached hydrogen (secondary N) is 2. The lowest BCUT2D eigenvalue weighted by Crippen LogP contribution is -2.50. The zero-order valence-corrected chi connectivity index (χ0v) is 10.2. The third-order valence-corrected chi connectivity index (χ3v) is 3.09. The highest BCUT2D eigenvalue weighted by Crippen LogP contribution is 2.26. The lowest BCUT2D eigenvalue weighted by molar-refractivity contribution is -0.138. The minimum atomic E-state index is -3.93. The van der Waals surface area contributed by atoms with E-state index < -0.39 is 23.2 Å². The zero-order chi connectivity index (χ0) is 13.1. The number of halogens is 3. The van der Waals surface area contributed by atoms with Crippen molar-refractivity contribution in [1.29, 1.82) is 0 Å². The smallest absolute Gasteiger partial charge is 0.359 e. The molecule has 0 aliphatic heterocycles. The number of hydrogen-bond donors (Lipinski definition) is 2. The molecule has 1 fully saturated rings. The van der Waals surface area contributed by atoms with Gasteiger partial charge in [0.15, 0.2) is 0 Å². The van der Waals surface area contributed by atoms with Gasteiger partial charge in [0.25, 0.3) is 0 Å². The van der Waals surface area contributed by atoms with Crippen LogP contribution >= 0.6 is 11.6 Å². The van der Waals surface area contributed by atoms with E-state index in [1.807, 2.05) is 0 Å². The molecule has 98 valence electrons. The van der Waals surface area contributed by atoms with Crippen LogP contribution in [0.15, 0.2) is 0 Å². The first-order valence-electron chi connectivity index (χ1n) is 5.45. The quantitative estimate of drug-likeness (QED) is 0.757. The van der Waals surface area contributed by atoms with Crippen molar-refractivity contribution in [2.24, 2.45) is 5.92 Å². The molecule has 0 saturated heterocycles. The van der Waals surface area contributed by atoms with Crippen molar-refractivity contribution in [3.05, 3.63) is 0 Å². The topological polar surface area (TPSA) is 58.2 Å². The minimum Gasteiger partial charge on any atom is -0.359 e. The maximum absolute atomic E-state index is 12.5. The monoisotopic (exact) mass is 268 g/mol. The molecule has 17 heavy (non-hydrogen) atoms. The molecule has 0 unspecified atom stereocenters. The van der Waals surface area contributed by atoms with E-state index in [4.69, 9.17) is 0 Å².